The van der Waals surface area contributed by atoms with Crippen LogP contribution in [0.25, 0.3) is 5.69 Å². The van der Waals surface area contributed by atoms with Crippen LogP contribution in [0.3, 0.4) is 0 Å². The lowest BCUT2D eigenvalue weighted by atomic mass is 10.0. The summed E-state index contributed by atoms with van der Waals surface area (Å²) in [6.07, 6.45) is 6.89. The number of guanidine groups is 1. The zero-order chi connectivity index (χ0) is 21.0. The summed E-state index contributed by atoms with van der Waals surface area (Å²) in [5.74, 6) is 1.48. The van der Waals surface area contributed by atoms with Crippen molar-refractivity contribution in [2.24, 2.45) is 10.9 Å². The van der Waals surface area contributed by atoms with Crippen molar-refractivity contribution in [3.05, 3.63) is 48.3 Å². The normalized spacial score (nSPS) is 16.4. The van der Waals surface area contributed by atoms with Crippen molar-refractivity contribution in [1.29, 1.82) is 0 Å². The van der Waals surface area contributed by atoms with E-state index in [9.17, 15) is 0 Å². The van der Waals surface area contributed by atoms with Gasteiger partial charge in [0.2, 0.25) is 0 Å². The van der Waals surface area contributed by atoms with E-state index in [0.717, 1.165) is 70.4 Å². The van der Waals surface area contributed by atoms with Gasteiger partial charge < -0.3 is 20.1 Å². The maximum absolute atomic E-state index is 5.84. The quantitative estimate of drug-likeness (QED) is 0.355. The topological polar surface area (TPSA) is 72.7 Å². The van der Waals surface area contributed by atoms with Crippen LogP contribution < -0.4 is 10.6 Å². The molecule has 0 saturated carbocycles. The molecule has 0 amide bonds. The highest BCUT2D eigenvalue weighted by molar-refractivity contribution is 5.80. The largest absolute Gasteiger partial charge is 0.381 e. The molecule has 3 rings (SSSR count). The molecule has 2 heterocycles. The number of hydrogen-bond acceptors (Lipinski definition) is 4. The minimum atomic E-state index is 0.128. The van der Waals surface area contributed by atoms with E-state index in [-0.39, 0.29) is 6.04 Å². The number of aliphatic imine (C=N–C) groups is 1. The van der Waals surface area contributed by atoms with Gasteiger partial charge in [0, 0.05) is 51.9 Å². The lowest BCUT2D eigenvalue weighted by Crippen LogP contribution is -2.38. The molecule has 7 nitrogen and oxygen atoms in total. The molecule has 0 radical (unpaired) electrons. The summed E-state index contributed by atoms with van der Waals surface area (Å²) in [5, 5.41) is 11.2. The van der Waals surface area contributed by atoms with E-state index in [4.69, 9.17) is 14.5 Å². The minimum Gasteiger partial charge on any atom is -0.381 e. The van der Waals surface area contributed by atoms with E-state index in [2.05, 4.69) is 53.8 Å². The van der Waals surface area contributed by atoms with Crippen molar-refractivity contribution < 1.29 is 9.47 Å². The average molecular weight is 414 g/mol. The molecule has 0 bridgehead atoms. The number of nitrogens with one attached hydrogen (secondary N) is 2. The van der Waals surface area contributed by atoms with Gasteiger partial charge in [-0.2, -0.15) is 5.10 Å². The standard InChI is InChI=1S/C23H35N5O2/c1-3-24-23(25-11-6-14-30-18-20-9-15-29-16-10-20)27-19(2)21-7-4-8-22(17-21)28-13-5-12-26-28/h4-5,7-8,12-13,17,19-20H,3,6,9-11,14-16,18H2,1-2H3,(H2,24,25,27). The number of benzene rings is 1. The van der Waals surface area contributed by atoms with E-state index >= 15 is 0 Å². The smallest absolute Gasteiger partial charge is 0.191 e. The third-order valence-electron chi connectivity index (χ3n) is 5.25. The molecule has 1 aliphatic rings. The van der Waals surface area contributed by atoms with Gasteiger partial charge in [0.15, 0.2) is 5.96 Å². The zero-order valence-electron chi connectivity index (χ0n) is 18.2. The predicted molar refractivity (Wildman–Crippen MR) is 120 cm³/mol. The van der Waals surface area contributed by atoms with Gasteiger partial charge in [0.25, 0.3) is 0 Å². The number of hydrogen-bond donors (Lipinski definition) is 2. The molecule has 1 fully saturated rings. The van der Waals surface area contributed by atoms with Gasteiger partial charge in [-0.1, -0.05) is 12.1 Å². The Balaban J connectivity index is 1.45. The number of rotatable bonds is 10. The molecule has 0 aliphatic carbocycles. The first-order valence-corrected chi connectivity index (χ1v) is 11.1. The highest BCUT2D eigenvalue weighted by Crippen LogP contribution is 2.17. The van der Waals surface area contributed by atoms with Gasteiger partial charge in [-0.05, 0) is 62.8 Å². The fraction of sp³-hybridized carbons (Fsp3) is 0.565. The van der Waals surface area contributed by atoms with Crippen LogP contribution >= 0.6 is 0 Å². The van der Waals surface area contributed by atoms with Crippen LogP contribution in [0, 0.1) is 5.92 Å². The highest BCUT2D eigenvalue weighted by atomic mass is 16.5. The Labute approximate surface area is 179 Å². The van der Waals surface area contributed by atoms with E-state index < -0.39 is 0 Å². The van der Waals surface area contributed by atoms with Crippen molar-refractivity contribution in [3.63, 3.8) is 0 Å². The second-order valence-electron chi connectivity index (χ2n) is 7.66. The molecule has 0 spiro atoms. The van der Waals surface area contributed by atoms with E-state index in [1.807, 2.05) is 16.9 Å². The molecule has 30 heavy (non-hydrogen) atoms. The third kappa shape index (κ3) is 7.15. The first-order valence-electron chi connectivity index (χ1n) is 11.1. The van der Waals surface area contributed by atoms with Gasteiger partial charge in [-0.25, -0.2) is 4.68 Å². The molecular weight excluding hydrogens is 378 g/mol. The highest BCUT2D eigenvalue weighted by Gasteiger charge is 2.13. The Morgan fingerprint density at radius 1 is 1.33 bits per heavy atom. The van der Waals surface area contributed by atoms with Crippen LogP contribution in [0.4, 0.5) is 0 Å². The fourth-order valence-corrected chi connectivity index (χ4v) is 3.49. The lowest BCUT2D eigenvalue weighted by molar-refractivity contribution is 0.0205. The third-order valence-corrected chi connectivity index (χ3v) is 5.25. The van der Waals surface area contributed by atoms with Crippen LogP contribution in [0.5, 0.6) is 0 Å². The molecule has 1 saturated heterocycles. The van der Waals surface area contributed by atoms with Crippen molar-refractivity contribution in [1.82, 2.24) is 20.4 Å². The molecule has 2 aromatic rings. The Kier molecular flexibility index (Phi) is 9.18. The number of ether oxygens (including phenoxy) is 2. The van der Waals surface area contributed by atoms with Gasteiger partial charge in [-0.15, -0.1) is 0 Å². The summed E-state index contributed by atoms with van der Waals surface area (Å²) in [4.78, 5) is 4.71. The molecule has 164 valence electrons. The van der Waals surface area contributed by atoms with Crippen LogP contribution in [-0.2, 0) is 9.47 Å². The summed E-state index contributed by atoms with van der Waals surface area (Å²) >= 11 is 0. The van der Waals surface area contributed by atoms with Crippen molar-refractivity contribution >= 4 is 5.96 Å². The Morgan fingerprint density at radius 3 is 2.97 bits per heavy atom. The Morgan fingerprint density at radius 2 is 2.20 bits per heavy atom. The zero-order valence-corrected chi connectivity index (χ0v) is 18.2. The second kappa shape index (κ2) is 12.3. The second-order valence-corrected chi connectivity index (χ2v) is 7.66. The molecule has 1 unspecified atom stereocenters. The molecule has 1 aromatic carbocycles. The van der Waals surface area contributed by atoms with Crippen LogP contribution in [0.2, 0.25) is 0 Å². The molecular formula is C23H35N5O2. The maximum Gasteiger partial charge on any atom is 0.191 e. The fourth-order valence-electron chi connectivity index (χ4n) is 3.49. The predicted octanol–water partition coefficient (Wildman–Crippen LogP) is 3.32. The molecule has 2 N–H and O–H groups in total. The Bertz CT molecular complexity index is 757. The summed E-state index contributed by atoms with van der Waals surface area (Å²) in [6.45, 7) is 9.13. The van der Waals surface area contributed by atoms with E-state index in [0.29, 0.717) is 5.92 Å². The van der Waals surface area contributed by atoms with Gasteiger partial charge in [0.1, 0.15) is 0 Å². The van der Waals surface area contributed by atoms with E-state index in [1.165, 1.54) is 5.56 Å². The maximum atomic E-state index is 5.84. The molecule has 7 heteroatoms. The average Bonchev–Trinajstić information content (AvgIpc) is 3.32. The van der Waals surface area contributed by atoms with Crippen molar-refractivity contribution in [3.8, 4) is 5.69 Å². The number of aromatic nitrogens is 2. The van der Waals surface area contributed by atoms with E-state index in [1.54, 1.807) is 6.20 Å². The first-order chi connectivity index (χ1) is 14.8. The molecule has 1 aliphatic heterocycles. The van der Waals surface area contributed by atoms with Crippen LogP contribution in [-0.4, -0.2) is 55.3 Å². The number of nitrogens with zero attached hydrogens (tertiary/aromatic N) is 3. The van der Waals surface area contributed by atoms with Gasteiger partial charge in [-0.3, -0.25) is 4.99 Å². The first kappa shape index (κ1) is 22.3. The van der Waals surface area contributed by atoms with Gasteiger partial charge in [0.05, 0.1) is 11.7 Å². The minimum absolute atomic E-state index is 0.128. The van der Waals surface area contributed by atoms with Crippen molar-refractivity contribution in [2.45, 2.75) is 39.2 Å². The van der Waals surface area contributed by atoms with Crippen LogP contribution in [0.1, 0.15) is 44.7 Å². The SMILES string of the molecule is CCNC(=NCCCOCC1CCOCC1)NC(C)c1cccc(-n2cccn2)c1. The van der Waals surface area contributed by atoms with Crippen molar-refractivity contribution in [2.75, 3.05) is 39.5 Å². The van der Waals surface area contributed by atoms with Gasteiger partial charge >= 0.3 is 0 Å². The summed E-state index contributed by atoms with van der Waals surface area (Å²) < 4.78 is 13.1. The monoisotopic (exact) mass is 413 g/mol. The summed E-state index contributed by atoms with van der Waals surface area (Å²) in [7, 11) is 0. The lowest BCUT2D eigenvalue weighted by Gasteiger charge is -2.21. The summed E-state index contributed by atoms with van der Waals surface area (Å²) in [6, 6.07) is 10.4. The summed E-state index contributed by atoms with van der Waals surface area (Å²) in [5.41, 5.74) is 2.24. The molecule has 1 atom stereocenters. The Hall–Kier alpha value is -2.38. The van der Waals surface area contributed by atoms with Crippen LogP contribution in [0.15, 0.2) is 47.7 Å². The molecule has 1 aromatic heterocycles.